The maximum Gasteiger partial charge on any atom is 0.168 e. The Bertz CT molecular complexity index is 1030. The predicted molar refractivity (Wildman–Crippen MR) is 107 cm³/mol. The molecule has 2 N–H and O–H groups in total. The maximum atomic E-state index is 14.7. The fourth-order valence-corrected chi connectivity index (χ4v) is 4.00. The van der Waals surface area contributed by atoms with Crippen LogP contribution in [0.3, 0.4) is 0 Å². The number of rotatable bonds is 4. The fourth-order valence-electron chi connectivity index (χ4n) is 4.00. The molecule has 6 nitrogen and oxygen atoms in total. The molecule has 29 heavy (non-hydrogen) atoms. The highest BCUT2D eigenvalue weighted by molar-refractivity contribution is 5.89. The predicted octanol–water partition coefficient (Wildman–Crippen LogP) is 3.92. The molecule has 0 aliphatic carbocycles. The molecule has 1 aliphatic rings. The Labute approximate surface area is 168 Å². The van der Waals surface area contributed by atoms with Crippen LogP contribution >= 0.6 is 0 Å². The van der Waals surface area contributed by atoms with Gasteiger partial charge in [-0.3, -0.25) is 5.10 Å². The van der Waals surface area contributed by atoms with Gasteiger partial charge in [-0.1, -0.05) is 13.8 Å². The second kappa shape index (κ2) is 7.33. The molecule has 3 aromatic heterocycles. The molecule has 2 atom stereocenters. The smallest absolute Gasteiger partial charge is 0.168 e. The van der Waals surface area contributed by atoms with E-state index in [2.05, 4.69) is 20.2 Å². The number of nitrogens with one attached hydrogen (secondary N) is 1. The summed E-state index contributed by atoms with van der Waals surface area (Å²) < 4.78 is 29.3. The molecule has 1 fully saturated rings. The van der Waals surface area contributed by atoms with Crippen LogP contribution in [0.4, 0.5) is 14.6 Å². The van der Waals surface area contributed by atoms with Crippen molar-refractivity contribution in [2.24, 2.45) is 11.8 Å². The molecule has 2 unspecified atom stereocenters. The number of halogens is 2. The molecule has 0 spiro atoms. The molecule has 0 saturated carbocycles. The summed E-state index contributed by atoms with van der Waals surface area (Å²) in [5.41, 5.74) is -0.0733. The lowest BCUT2D eigenvalue weighted by Crippen LogP contribution is -2.49. The van der Waals surface area contributed by atoms with Crippen LogP contribution in [-0.2, 0) is 0 Å². The van der Waals surface area contributed by atoms with Crippen molar-refractivity contribution >= 4 is 16.9 Å². The molecule has 1 aliphatic heterocycles. The van der Waals surface area contributed by atoms with Crippen LogP contribution in [-0.4, -0.2) is 44.0 Å². The third-order valence-corrected chi connectivity index (χ3v) is 6.19. The first-order chi connectivity index (χ1) is 13.8. The standard InChI is InChI=1S/C21H25F2N5O/c1-12(2)21(3,29)13-6-5-9-28(11-13)20-16(23)10-15(22)18(25-20)17-14-7-4-8-24-19(14)27-26-17/h4,7-8,10,12-13,29H,5-6,9,11H2,1-3H3,(H,24,26,27). The van der Waals surface area contributed by atoms with E-state index < -0.39 is 17.2 Å². The monoisotopic (exact) mass is 401 g/mol. The van der Waals surface area contributed by atoms with Gasteiger partial charge in [0.05, 0.1) is 5.60 Å². The van der Waals surface area contributed by atoms with Crippen molar-refractivity contribution in [1.29, 1.82) is 0 Å². The van der Waals surface area contributed by atoms with Crippen molar-refractivity contribution in [2.75, 3.05) is 18.0 Å². The van der Waals surface area contributed by atoms with Crippen LogP contribution in [0.2, 0.25) is 0 Å². The summed E-state index contributed by atoms with van der Waals surface area (Å²) in [6, 6.07) is 4.35. The van der Waals surface area contributed by atoms with Gasteiger partial charge in [-0.15, -0.1) is 0 Å². The molecule has 154 valence electrons. The minimum Gasteiger partial charge on any atom is -0.390 e. The first kappa shape index (κ1) is 19.7. The number of fused-ring (bicyclic) bond motifs is 1. The Hall–Kier alpha value is -2.61. The lowest BCUT2D eigenvalue weighted by atomic mass is 9.76. The van der Waals surface area contributed by atoms with Crippen molar-refractivity contribution in [1.82, 2.24) is 20.2 Å². The van der Waals surface area contributed by atoms with Crippen LogP contribution < -0.4 is 4.90 Å². The highest BCUT2D eigenvalue weighted by Crippen LogP contribution is 2.36. The summed E-state index contributed by atoms with van der Waals surface area (Å²) in [4.78, 5) is 10.3. The maximum absolute atomic E-state index is 14.7. The van der Waals surface area contributed by atoms with Crippen molar-refractivity contribution in [3.63, 3.8) is 0 Å². The van der Waals surface area contributed by atoms with Gasteiger partial charge < -0.3 is 10.0 Å². The van der Waals surface area contributed by atoms with Crippen molar-refractivity contribution < 1.29 is 13.9 Å². The minimum absolute atomic E-state index is 0.0154. The van der Waals surface area contributed by atoms with Crippen LogP contribution in [0.1, 0.15) is 33.6 Å². The largest absolute Gasteiger partial charge is 0.390 e. The van der Waals surface area contributed by atoms with Gasteiger partial charge in [0, 0.05) is 36.7 Å². The molecule has 0 bridgehead atoms. The van der Waals surface area contributed by atoms with Gasteiger partial charge in [0.1, 0.15) is 11.4 Å². The molecule has 8 heteroatoms. The second-order valence-corrected chi connectivity index (χ2v) is 8.26. The summed E-state index contributed by atoms with van der Waals surface area (Å²) in [6.45, 7) is 6.84. The van der Waals surface area contributed by atoms with E-state index in [1.807, 2.05) is 20.8 Å². The van der Waals surface area contributed by atoms with Crippen LogP contribution in [0.5, 0.6) is 0 Å². The van der Waals surface area contributed by atoms with Gasteiger partial charge in [-0.2, -0.15) is 5.10 Å². The summed E-state index contributed by atoms with van der Waals surface area (Å²) in [7, 11) is 0. The zero-order valence-corrected chi connectivity index (χ0v) is 16.8. The quantitative estimate of drug-likeness (QED) is 0.693. The number of aliphatic hydroxyl groups is 1. The highest BCUT2D eigenvalue weighted by atomic mass is 19.1. The number of pyridine rings is 2. The summed E-state index contributed by atoms with van der Waals surface area (Å²) in [5.74, 6) is -1.36. The molecular formula is C21H25F2N5O. The normalized spacial score (nSPS) is 19.7. The molecule has 4 heterocycles. The first-order valence-electron chi connectivity index (χ1n) is 9.92. The minimum atomic E-state index is -0.873. The van der Waals surface area contributed by atoms with E-state index >= 15 is 0 Å². The lowest BCUT2D eigenvalue weighted by Gasteiger charge is -2.43. The van der Waals surface area contributed by atoms with E-state index in [-0.39, 0.29) is 23.3 Å². The zero-order valence-electron chi connectivity index (χ0n) is 16.8. The van der Waals surface area contributed by atoms with Gasteiger partial charge in [0.15, 0.2) is 23.1 Å². The number of anilines is 1. The number of piperidine rings is 1. The third-order valence-electron chi connectivity index (χ3n) is 6.19. The number of aromatic amines is 1. The number of aromatic nitrogens is 4. The summed E-state index contributed by atoms with van der Waals surface area (Å²) in [5, 5.41) is 18.4. The number of hydrogen-bond donors (Lipinski definition) is 2. The number of hydrogen-bond acceptors (Lipinski definition) is 5. The molecule has 1 saturated heterocycles. The Morgan fingerprint density at radius 2 is 2.07 bits per heavy atom. The highest BCUT2D eigenvalue weighted by Gasteiger charge is 2.38. The van der Waals surface area contributed by atoms with Crippen molar-refractivity contribution in [2.45, 2.75) is 39.2 Å². The summed E-state index contributed by atoms with van der Waals surface area (Å²) in [6.07, 6.45) is 3.27. The van der Waals surface area contributed by atoms with E-state index in [0.717, 1.165) is 18.9 Å². The lowest BCUT2D eigenvalue weighted by molar-refractivity contribution is -0.0463. The van der Waals surface area contributed by atoms with Gasteiger partial charge in [0.25, 0.3) is 0 Å². The number of H-pyrrole nitrogens is 1. The molecular weight excluding hydrogens is 376 g/mol. The van der Waals surface area contributed by atoms with E-state index in [0.29, 0.717) is 29.8 Å². The van der Waals surface area contributed by atoms with Crippen LogP contribution in [0.25, 0.3) is 22.4 Å². The molecule has 4 rings (SSSR count). The van der Waals surface area contributed by atoms with Crippen molar-refractivity contribution in [3.05, 3.63) is 36.0 Å². The van der Waals surface area contributed by atoms with Gasteiger partial charge in [-0.25, -0.2) is 18.7 Å². The van der Waals surface area contributed by atoms with Crippen molar-refractivity contribution in [3.8, 4) is 11.4 Å². The molecule has 3 aromatic rings. The van der Waals surface area contributed by atoms with Gasteiger partial charge >= 0.3 is 0 Å². The second-order valence-electron chi connectivity index (χ2n) is 8.26. The van der Waals surface area contributed by atoms with Crippen LogP contribution in [0, 0.1) is 23.5 Å². The third kappa shape index (κ3) is 3.46. The molecule has 0 aromatic carbocycles. The zero-order chi connectivity index (χ0) is 20.8. The summed E-state index contributed by atoms with van der Waals surface area (Å²) >= 11 is 0. The topological polar surface area (TPSA) is 77.9 Å². The fraction of sp³-hybridized carbons (Fsp3) is 0.476. The Balaban J connectivity index is 1.73. The van der Waals surface area contributed by atoms with Gasteiger partial charge in [0.2, 0.25) is 0 Å². The van der Waals surface area contributed by atoms with E-state index in [4.69, 9.17) is 0 Å². The Morgan fingerprint density at radius 1 is 1.28 bits per heavy atom. The molecule has 0 radical (unpaired) electrons. The van der Waals surface area contributed by atoms with E-state index in [1.165, 1.54) is 0 Å². The molecule has 0 amide bonds. The van der Waals surface area contributed by atoms with Gasteiger partial charge in [-0.05, 0) is 37.8 Å². The average Bonchev–Trinajstić information content (AvgIpc) is 3.12. The average molecular weight is 401 g/mol. The van der Waals surface area contributed by atoms with E-state index in [1.54, 1.807) is 23.2 Å². The Morgan fingerprint density at radius 3 is 2.83 bits per heavy atom. The number of nitrogens with zero attached hydrogens (tertiary/aromatic N) is 4. The van der Waals surface area contributed by atoms with E-state index in [9.17, 15) is 13.9 Å². The Kier molecular flexibility index (Phi) is 4.98. The SMILES string of the molecule is CC(C)C(C)(O)C1CCCN(c2nc(-c3n[nH]c4ncccc34)c(F)cc2F)C1. The first-order valence-corrected chi connectivity index (χ1v) is 9.92. The van der Waals surface area contributed by atoms with Crippen LogP contribution in [0.15, 0.2) is 24.4 Å².